The fourth-order valence-electron chi connectivity index (χ4n) is 8.09. The lowest BCUT2D eigenvalue weighted by molar-refractivity contribution is 0.668. The summed E-state index contributed by atoms with van der Waals surface area (Å²) in [5.74, 6) is 0. The molecule has 0 bridgehead atoms. The Morgan fingerprint density at radius 1 is 0.385 bits per heavy atom. The van der Waals surface area contributed by atoms with Crippen LogP contribution in [0.2, 0.25) is 0 Å². The van der Waals surface area contributed by atoms with Crippen LogP contribution >= 0.6 is 0 Å². The number of rotatable bonds is 6. The van der Waals surface area contributed by atoms with Crippen molar-refractivity contribution in [1.82, 2.24) is 0 Å². The molecule has 2 heteroatoms. The van der Waals surface area contributed by atoms with Crippen LogP contribution in [-0.2, 0) is 0 Å². The number of para-hydroxylation sites is 2. The quantitative estimate of drug-likeness (QED) is 0.176. The van der Waals surface area contributed by atoms with Crippen molar-refractivity contribution >= 4 is 60.4 Å². The van der Waals surface area contributed by atoms with Crippen LogP contribution in [0.25, 0.3) is 71.3 Å². The van der Waals surface area contributed by atoms with E-state index < -0.39 is 0 Å². The maximum atomic E-state index is 6.79. The third-order valence-electron chi connectivity index (χ3n) is 10.6. The molecule has 0 amide bonds. The van der Waals surface area contributed by atoms with Crippen molar-refractivity contribution in [3.63, 3.8) is 0 Å². The van der Waals surface area contributed by atoms with Crippen molar-refractivity contribution in [1.29, 1.82) is 0 Å². The van der Waals surface area contributed by atoms with E-state index in [0.29, 0.717) is 0 Å². The van der Waals surface area contributed by atoms with Crippen molar-refractivity contribution in [3.05, 3.63) is 199 Å². The van der Waals surface area contributed by atoms with E-state index in [9.17, 15) is 0 Å². The van der Waals surface area contributed by atoms with Crippen molar-refractivity contribution in [3.8, 4) is 22.3 Å². The van der Waals surface area contributed by atoms with Crippen molar-refractivity contribution in [2.75, 3.05) is 4.90 Å². The number of furan rings is 1. The molecule has 1 heterocycles. The van der Waals surface area contributed by atoms with Crippen LogP contribution in [-0.4, -0.2) is 0 Å². The van der Waals surface area contributed by atoms with E-state index in [-0.39, 0.29) is 0 Å². The Morgan fingerprint density at radius 2 is 0.942 bits per heavy atom. The predicted octanol–water partition coefficient (Wildman–Crippen LogP) is 14.1. The van der Waals surface area contributed by atoms with Crippen LogP contribution in [0.5, 0.6) is 0 Å². The summed E-state index contributed by atoms with van der Waals surface area (Å²) in [6.45, 7) is 0. The molecule has 8 aromatic carbocycles. The van der Waals surface area contributed by atoms with Crippen LogP contribution in [0.15, 0.2) is 198 Å². The zero-order chi connectivity index (χ0) is 34.4. The van der Waals surface area contributed by atoms with Gasteiger partial charge in [0.25, 0.3) is 0 Å². The van der Waals surface area contributed by atoms with Crippen LogP contribution in [0, 0.1) is 0 Å². The van der Waals surface area contributed by atoms with Gasteiger partial charge in [0.2, 0.25) is 0 Å². The molecule has 0 N–H and O–H groups in total. The monoisotopic (exact) mass is 665 g/mol. The fourth-order valence-corrected chi connectivity index (χ4v) is 8.09. The molecule has 2 nitrogen and oxygen atoms in total. The summed E-state index contributed by atoms with van der Waals surface area (Å²) in [5, 5.41) is 7.31. The molecule has 0 saturated heterocycles. The van der Waals surface area contributed by atoms with Gasteiger partial charge in [0.1, 0.15) is 11.2 Å². The Labute approximate surface area is 303 Å². The molecule has 1 aromatic heterocycles. The molecule has 1 aliphatic rings. The summed E-state index contributed by atoms with van der Waals surface area (Å²) in [6.07, 6.45) is 6.42. The Balaban J connectivity index is 1.08. The topological polar surface area (TPSA) is 16.4 Å². The van der Waals surface area contributed by atoms with Gasteiger partial charge < -0.3 is 9.32 Å². The van der Waals surface area contributed by atoms with E-state index in [0.717, 1.165) is 51.6 Å². The van der Waals surface area contributed by atoms with Gasteiger partial charge in [0.05, 0.1) is 5.69 Å². The molecule has 246 valence electrons. The highest BCUT2D eigenvalue weighted by Crippen LogP contribution is 2.43. The molecule has 0 aliphatic heterocycles. The second-order valence-electron chi connectivity index (χ2n) is 13.6. The summed E-state index contributed by atoms with van der Waals surface area (Å²) in [7, 11) is 0. The number of hydrogen-bond donors (Lipinski definition) is 0. The largest absolute Gasteiger partial charge is 0.455 e. The smallest absolute Gasteiger partial charge is 0.143 e. The SMILES string of the molecule is C1=C(c2cccc3c2oc2c(-c4ccccc4)cccc23)CCC(N(c2ccc(-c3cccc4ccccc34)cc2)c2cccc3ccccc23)=C1. The third kappa shape index (κ3) is 5.11. The lowest BCUT2D eigenvalue weighted by atomic mass is 9.93. The molecule has 9 aromatic rings. The number of nitrogens with zero attached hydrogens (tertiary/aromatic N) is 1. The standard InChI is InChI=1S/C50H35NO/c1-2-12-36(13-3-1)44-21-10-23-46-47-24-11-22-45(50(47)52-49(44)46)38-28-32-40(33-29-38)51(48-25-9-17-35-15-5-7-19-43(35)48)39-30-26-37(27-31-39)42-20-8-16-34-14-4-6-18-41(34)42/h1-28,30-32H,29,33H2. The average molecular weight is 666 g/mol. The van der Waals surface area contributed by atoms with Crippen LogP contribution in [0.3, 0.4) is 0 Å². The Bertz CT molecular complexity index is 2830. The predicted molar refractivity (Wildman–Crippen MR) is 220 cm³/mol. The first-order valence-corrected chi connectivity index (χ1v) is 18.1. The molecule has 0 saturated carbocycles. The molecule has 10 rings (SSSR count). The summed E-state index contributed by atoms with van der Waals surface area (Å²) in [4.78, 5) is 2.45. The first-order valence-electron chi connectivity index (χ1n) is 18.1. The maximum absolute atomic E-state index is 6.79. The van der Waals surface area contributed by atoms with Crippen LogP contribution in [0.4, 0.5) is 11.4 Å². The average Bonchev–Trinajstić information content (AvgIpc) is 3.61. The highest BCUT2D eigenvalue weighted by molar-refractivity contribution is 6.12. The molecule has 52 heavy (non-hydrogen) atoms. The number of benzene rings is 8. The van der Waals surface area contributed by atoms with Crippen LogP contribution < -0.4 is 4.90 Å². The van der Waals surface area contributed by atoms with Crippen molar-refractivity contribution in [2.24, 2.45) is 0 Å². The highest BCUT2D eigenvalue weighted by atomic mass is 16.3. The summed E-state index contributed by atoms with van der Waals surface area (Å²) < 4.78 is 6.79. The summed E-state index contributed by atoms with van der Waals surface area (Å²) in [5.41, 5.74) is 12.7. The van der Waals surface area contributed by atoms with Gasteiger partial charge in [-0.2, -0.15) is 0 Å². The van der Waals surface area contributed by atoms with Crippen molar-refractivity contribution in [2.45, 2.75) is 12.8 Å². The molecular formula is C50H35NO. The Morgan fingerprint density at radius 3 is 1.69 bits per heavy atom. The molecule has 0 unspecified atom stereocenters. The number of hydrogen-bond acceptors (Lipinski definition) is 2. The summed E-state index contributed by atoms with van der Waals surface area (Å²) in [6, 6.07) is 63.2. The van der Waals surface area contributed by atoms with Gasteiger partial charge >= 0.3 is 0 Å². The Hall–Kier alpha value is -6.64. The van der Waals surface area contributed by atoms with Gasteiger partial charge in [0, 0.05) is 38.7 Å². The molecule has 0 spiro atoms. The number of anilines is 2. The molecule has 1 aliphatic carbocycles. The summed E-state index contributed by atoms with van der Waals surface area (Å²) >= 11 is 0. The van der Waals surface area contributed by atoms with E-state index in [4.69, 9.17) is 4.42 Å². The lowest BCUT2D eigenvalue weighted by Gasteiger charge is -2.31. The highest BCUT2D eigenvalue weighted by Gasteiger charge is 2.22. The number of fused-ring (bicyclic) bond motifs is 5. The maximum Gasteiger partial charge on any atom is 0.143 e. The van der Waals surface area contributed by atoms with Gasteiger partial charge in [-0.15, -0.1) is 0 Å². The minimum Gasteiger partial charge on any atom is -0.455 e. The number of allylic oxidation sites excluding steroid dienone is 4. The fraction of sp³-hybridized carbons (Fsp3) is 0.0400. The van der Waals surface area contributed by atoms with E-state index >= 15 is 0 Å². The normalized spacial score (nSPS) is 13.1. The third-order valence-corrected chi connectivity index (χ3v) is 10.6. The van der Waals surface area contributed by atoms with Gasteiger partial charge in [-0.25, -0.2) is 0 Å². The first-order chi connectivity index (χ1) is 25.8. The van der Waals surface area contributed by atoms with E-state index in [1.54, 1.807) is 0 Å². The van der Waals surface area contributed by atoms with E-state index in [1.807, 2.05) is 0 Å². The lowest BCUT2D eigenvalue weighted by Crippen LogP contribution is -2.18. The molecule has 0 atom stereocenters. The zero-order valence-corrected chi connectivity index (χ0v) is 28.7. The van der Waals surface area contributed by atoms with Crippen molar-refractivity contribution < 1.29 is 4.42 Å². The van der Waals surface area contributed by atoms with Gasteiger partial charge in [0.15, 0.2) is 0 Å². The van der Waals surface area contributed by atoms with E-state index in [1.165, 1.54) is 55.2 Å². The van der Waals surface area contributed by atoms with Gasteiger partial charge in [-0.1, -0.05) is 164 Å². The zero-order valence-electron chi connectivity index (χ0n) is 28.7. The first kappa shape index (κ1) is 30.2. The Kier molecular flexibility index (Phi) is 7.32. The second-order valence-corrected chi connectivity index (χ2v) is 13.6. The van der Waals surface area contributed by atoms with Crippen LogP contribution in [0.1, 0.15) is 18.4 Å². The van der Waals surface area contributed by atoms with Gasteiger partial charge in [-0.3, -0.25) is 0 Å². The minimum atomic E-state index is 0.895. The van der Waals surface area contributed by atoms with E-state index in [2.05, 4.69) is 193 Å². The minimum absolute atomic E-state index is 0.895. The second kappa shape index (κ2) is 12.6. The molecular weight excluding hydrogens is 631 g/mol. The molecule has 0 radical (unpaired) electrons. The molecule has 0 fully saturated rings. The van der Waals surface area contributed by atoms with Gasteiger partial charge in [-0.05, 0) is 75.5 Å².